The SMILES string of the molecule is CCC1=C(C)C(=Cc2[nH]c(Cc3[nH]c(C=C4NC(=O)C(C)=C4CC)c(C)c3CCC(=O)O)c(CCC(=O)O)c2C)NC1=O. The van der Waals surface area contributed by atoms with Gasteiger partial charge in [0.15, 0.2) is 0 Å². The molecule has 0 saturated heterocycles. The predicted molar refractivity (Wildman–Crippen MR) is 164 cm³/mol. The Labute approximate surface area is 251 Å². The van der Waals surface area contributed by atoms with Crippen LogP contribution in [0.1, 0.15) is 98.4 Å². The molecule has 4 heterocycles. The van der Waals surface area contributed by atoms with E-state index in [1.807, 2.05) is 46.8 Å². The Morgan fingerprint density at radius 2 is 1.14 bits per heavy atom. The van der Waals surface area contributed by atoms with Crippen molar-refractivity contribution >= 4 is 35.9 Å². The number of carboxylic acids is 2. The highest BCUT2D eigenvalue weighted by Gasteiger charge is 2.26. The van der Waals surface area contributed by atoms with Crippen molar-refractivity contribution in [1.82, 2.24) is 20.6 Å². The molecule has 10 nitrogen and oxygen atoms in total. The molecule has 2 aliphatic heterocycles. The van der Waals surface area contributed by atoms with E-state index in [1.54, 1.807) is 6.92 Å². The number of amides is 2. The van der Waals surface area contributed by atoms with Crippen molar-refractivity contribution < 1.29 is 29.4 Å². The minimum atomic E-state index is -0.902. The van der Waals surface area contributed by atoms with Crippen LogP contribution in [0.5, 0.6) is 0 Å². The summed E-state index contributed by atoms with van der Waals surface area (Å²) >= 11 is 0. The predicted octanol–water partition coefficient (Wildman–Crippen LogP) is 4.98. The number of aromatic amines is 2. The quantitative estimate of drug-likeness (QED) is 0.205. The molecule has 228 valence electrons. The molecule has 6 N–H and O–H groups in total. The first kappa shape index (κ1) is 31.3. The minimum absolute atomic E-state index is 0.0459. The first-order valence-electron chi connectivity index (χ1n) is 14.7. The van der Waals surface area contributed by atoms with Crippen molar-refractivity contribution in [2.24, 2.45) is 0 Å². The van der Waals surface area contributed by atoms with Gasteiger partial charge in [-0.2, -0.15) is 0 Å². The van der Waals surface area contributed by atoms with Crippen LogP contribution in [0.2, 0.25) is 0 Å². The third-order valence-corrected chi connectivity index (χ3v) is 8.57. The maximum atomic E-state index is 12.4. The highest BCUT2D eigenvalue weighted by Crippen LogP contribution is 2.32. The molecule has 0 saturated carbocycles. The Balaban J connectivity index is 1.79. The van der Waals surface area contributed by atoms with Crippen molar-refractivity contribution in [3.8, 4) is 0 Å². The fraction of sp³-hybridized carbons (Fsp3) is 0.394. The molecule has 0 radical (unpaired) electrons. The number of hydrogen-bond acceptors (Lipinski definition) is 4. The van der Waals surface area contributed by atoms with Crippen LogP contribution in [0.25, 0.3) is 12.2 Å². The van der Waals surface area contributed by atoms with Gasteiger partial charge < -0.3 is 30.8 Å². The molecular formula is C33H40N4O6. The molecule has 0 bridgehead atoms. The van der Waals surface area contributed by atoms with Gasteiger partial charge in [0.05, 0.1) is 0 Å². The smallest absolute Gasteiger partial charge is 0.303 e. The van der Waals surface area contributed by atoms with Crippen LogP contribution in [0.15, 0.2) is 33.7 Å². The van der Waals surface area contributed by atoms with Crippen LogP contribution < -0.4 is 10.6 Å². The molecule has 0 fully saturated rings. The van der Waals surface area contributed by atoms with Gasteiger partial charge in [-0.25, -0.2) is 0 Å². The molecule has 2 aromatic heterocycles. The lowest BCUT2D eigenvalue weighted by Crippen LogP contribution is -2.16. The van der Waals surface area contributed by atoms with Crippen LogP contribution in [0.4, 0.5) is 0 Å². The standard InChI is InChI=1S/C33H40N4O6/c1-7-20-19(6)32(42)37-27(20)14-25-18(5)23(10-12-31(40)41)29(35-25)15-28-22(9-11-30(38)39)17(4)24(34-28)13-26-16(3)21(8-2)33(43)36-26/h13-14,34-35H,7-12,15H2,1-6H3,(H,36,43)(H,37,42)(H,38,39)(H,40,41). The van der Waals surface area contributed by atoms with Crippen LogP contribution >= 0.6 is 0 Å². The van der Waals surface area contributed by atoms with Crippen molar-refractivity contribution in [3.05, 3.63) is 78.7 Å². The van der Waals surface area contributed by atoms with Gasteiger partial charge in [0, 0.05) is 64.6 Å². The molecule has 10 heteroatoms. The van der Waals surface area contributed by atoms with E-state index in [-0.39, 0.29) is 24.7 Å². The lowest BCUT2D eigenvalue weighted by molar-refractivity contribution is -0.138. The van der Waals surface area contributed by atoms with E-state index >= 15 is 0 Å². The zero-order valence-corrected chi connectivity index (χ0v) is 25.6. The Morgan fingerprint density at radius 1 is 0.674 bits per heavy atom. The van der Waals surface area contributed by atoms with Gasteiger partial charge in [-0.05, 0) is 98.9 Å². The molecule has 0 aromatic carbocycles. The fourth-order valence-electron chi connectivity index (χ4n) is 6.04. The van der Waals surface area contributed by atoms with Gasteiger partial charge in [0.1, 0.15) is 0 Å². The average Bonchev–Trinajstić information content (AvgIpc) is 3.59. The van der Waals surface area contributed by atoms with Gasteiger partial charge in [-0.3, -0.25) is 19.2 Å². The average molecular weight is 589 g/mol. The Morgan fingerprint density at radius 3 is 1.58 bits per heavy atom. The van der Waals surface area contributed by atoms with Crippen molar-refractivity contribution in [1.29, 1.82) is 0 Å². The molecule has 4 rings (SSSR count). The van der Waals surface area contributed by atoms with Crippen molar-refractivity contribution in [3.63, 3.8) is 0 Å². The van der Waals surface area contributed by atoms with E-state index in [2.05, 4.69) is 20.6 Å². The summed E-state index contributed by atoms with van der Waals surface area (Å²) in [6, 6.07) is 0. The molecule has 2 aliphatic rings. The third kappa shape index (κ3) is 6.43. The second-order valence-electron chi connectivity index (χ2n) is 11.1. The van der Waals surface area contributed by atoms with E-state index in [0.717, 1.165) is 67.4 Å². The van der Waals surface area contributed by atoms with Gasteiger partial charge in [0.2, 0.25) is 0 Å². The van der Waals surface area contributed by atoms with E-state index in [9.17, 15) is 29.4 Å². The number of carbonyl (C=O) groups excluding carboxylic acids is 2. The highest BCUT2D eigenvalue weighted by molar-refractivity contribution is 6.01. The highest BCUT2D eigenvalue weighted by atomic mass is 16.4. The summed E-state index contributed by atoms with van der Waals surface area (Å²) in [5, 5.41) is 24.8. The Hall–Kier alpha value is -4.60. The molecule has 0 unspecified atom stereocenters. The van der Waals surface area contributed by atoms with E-state index in [1.165, 1.54) is 0 Å². The number of H-pyrrole nitrogens is 2. The van der Waals surface area contributed by atoms with E-state index < -0.39 is 11.9 Å². The number of aromatic nitrogens is 2. The summed E-state index contributed by atoms with van der Waals surface area (Å²) in [5.74, 6) is -2.04. The number of hydrogen-bond donors (Lipinski definition) is 6. The first-order valence-corrected chi connectivity index (χ1v) is 14.7. The van der Waals surface area contributed by atoms with Gasteiger partial charge in [0.25, 0.3) is 11.8 Å². The number of allylic oxidation sites excluding steroid dienone is 2. The number of carboxylic acid groups (broad SMARTS) is 2. The van der Waals surface area contributed by atoms with Crippen LogP contribution in [0.3, 0.4) is 0 Å². The fourth-order valence-corrected chi connectivity index (χ4v) is 6.04. The minimum Gasteiger partial charge on any atom is -0.481 e. The molecule has 43 heavy (non-hydrogen) atoms. The lowest BCUT2D eigenvalue weighted by atomic mass is 9.98. The summed E-state index contributed by atoms with van der Waals surface area (Å²) in [6.07, 6.45) is 6.04. The summed E-state index contributed by atoms with van der Waals surface area (Å²) < 4.78 is 0. The summed E-state index contributed by atoms with van der Waals surface area (Å²) in [6.45, 7) is 11.5. The van der Waals surface area contributed by atoms with E-state index in [4.69, 9.17) is 0 Å². The monoisotopic (exact) mass is 588 g/mol. The molecule has 0 spiro atoms. The molecule has 2 aromatic rings. The van der Waals surface area contributed by atoms with Crippen LogP contribution in [-0.4, -0.2) is 43.9 Å². The molecule has 0 atom stereocenters. The van der Waals surface area contributed by atoms with Crippen molar-refractivity contribution in [2.45, 2.75) is 86.5 Å². The number of nitrogens with one attached hydrogen (secondary N) is 4. The molecule has 0 aliphatic carbocycles. The second kappa shape index (κ2) is 12.7. The lowest BCUT2D eigenvalue weighted by Gasteiger charge is -2.07. The van der Waals surface area contributed by atoms with Crippen molar-refractivity contribution in [2.75, 3.05) is 0 Å². The van der Waals surface area contributed by atoms with Gasteiger partial charge >= 0.3 is 11.9 Å². The normalized spacial score (nSPS) is 17.1. The van der Waals surface area contributed by atoms with Gasteiger partial charge in [-0.15, -0.1) is 0 Å². The summed E-state index contributed by atoms with van der Waals surface area (Å²) in [4.78, 5) is 54.8. The second-order valence-corrected chi connectivity index (χ2v) is 11.1. The van der Waals surface area contributed by atoms with E-state index in [0.29, 0.717) is 43.4 Å². The summed E-state index contributed by atoms with van der Waals surface area (Å²) in [7, 11) is 0. The van der Waals surface area contributed by atoms with Crippen LogP contribution in [0, 0.1) is 13.8 Å². The molecular weight excluding hydrogens is 548 g/mol. The largest absolute Gasteiger partial charge is 0.481 e. The zero-order valence-electron chi connectivity index (χ0n) is 25.6. The Bertz CT molecular complexity index is 1640. The first-order chi connectivity index (χ1) is 20.4. The van der Waals surface area contributed by atoms with Crippen LogP contribution in [-0.2, 0) is 38.4 Å². The topological polar surface area (TPSA) is 164 Å². The zero-order chi connectivity index (χ0) is 31.6. The maximum absolute atomic E-state index is 12.4. The summed E-state index contributed by atoms with van der Waals surface area (Å²) in [5.41, 5.74) is 11.5. The third-order valence-electron chi connectivity index (χ3n) is 8.57. The van der Waals surface area contributed by atoms with Gasteiger partial charge in [-0.1, -0.05) is 13.8 Å². The number of carbonyl (C=O) groups is 4. The number of rotatable bonds is 12. The molecule has 2 amide bonds. The Kier molecular flexibility index (Phi) is 9.27. The number of aliphatic carboxylic acids is 2. The maximum Gasteiger partial charge on any atom is 0.303 e.